The van der Waals surface area contributed by atoms with Gasteiger partial charge in [0.1, 0.15) is 0 Å². The van der Waals surface area contributed by atoms with Crippen LogP contribution in [0.3, 0.4) is 0 Å². The molecule has 6 heteroatoms. The Labute approximate surface area is 165 Å². The van der Waals surface area contributed by atoms with Crippen molar-refractivity contribution in [1.29, 1.82) is 0 Å². The lowest BCUT2D eigenvalue weighted by molar-refractivity contribution is 0.113. The minimum Gasteiger partial charge on any atom is -0.391 e. The molecule has 2 atom stereocenters. The SMILES string of the molecule is CCNC(=NCC(C(C)C)N1CCC(C)CC1)N1CC[C@@H](O)C1.I. The van der Waals surface area contributed by atoms with Crippen molar-refractivity contribution in [2.75, 3.05) is 39.3 Å². The number of aliphatic imine (C=N–C) groups is 1. The zero-order chi connectivity index (χ0) is 16.8. The maximum Gasteiger partial charge on any atom is 0.194 e. The molecule has 0 saturated carbocycles. The van der Waals surface area contributed by atoms with Gasteiger partial charge in [0.2, 0.25) is 0 Å². The van der Waals surface area contributed by atoms with Gasteiger partial charge < -0.3 is 15.3 Å². The van der Waals surface area contributed by atoms with E-state index in [1.807, 2.05) is 0 Å². The molecule has 0 aromatic heterocycles. The van der Waals surface area contributed by atoms with Crippen LogP contribution in [0, 0.1) is 11.8 Å². The van der Waals surface area contributed by atoms with Crippen LogP contribution < -0.4 is 5.32 Å². The van der Waals surface area contributed by atoms with Gasteiger partial charge in [0, 0.05) is 25.7 Å². The molecule has 1 unspecified atom stereocenters. The summed E-state index contributed by atoms with van der Waals surface area (Å²) in [7, 11) is 0. The number of nitrogens with zero attached hydrogens (tertiary/aromatic N) is 3. The Kier molecular flexibility index (Phi) is 9.89. The Balaban J connectivity index is 0.00000288. The van der Waals surface area contributed by atoms with Gasteiger partial charge in [-0.2, -0.15) is 0 Å². The van der Waals surface area contributed by atoms with Crippen molar-refractivity contribution in [3.8, 4) is 0 Å². The third kappa shape index (κ3) is 6.33. The summed E-state index contributed by atoms with van der Waals surface area (Å²) in [6, 6.07) is 0.517. The van der Waals surface area contributed by atoms with Crippen molar-refractivity contribution in [2.24, 2.45) is 16.8 Å². The summed E-state index contributed by atoms with van der Waals surface area (Å²) in [4.78, 5) is 9.76. The minimum atomic E-state index is -0.205. The van der Waals surface area contributed by atoms with Crippen LogP contribution in [-0.4, -0.2) is 72.3 Å². The standard InChI is InChI=1S/C18H36N4O.HI/c1-5-19-18(22-11-8-16(23)13-22)20-12-17(14(2)3)21-9-6-15(4)7-10-21;/h14-17,23H,5-13H2,1-4H3,(H,19,20);1H/t16-,17?;/m1./s1. The maximum absolute atomic E-state index is 9.78. The summed E-state index contributed by atoms with van der Waals surface area (Å²) in [5.74, 6) is 2.45. The molecule has 2 aliphatic rings. The summed E-state index contributed by atoms with van der Waals surface area (Å²) in [5.41, 5.74) is 0. The topological polar surface area (TPSA) is 51.1 Å². The van der Waals surface area contributed by atoms with Crippen molar-refractivity contribution in [3.63, 3.8) is 0 Å². The lowest BCUT2D eigenvalue weighted by atomic mass is 9.94. The highest BCUT2D eigenvalue weighted by Crippen LogP contribution is 2.21. The summed E-state index contributed by atoms with van der Waals surface area (Å²) in [5, 5.41) is 13.2. The maximum atomic E-state index is 9.78. The molecule has 2 saturated heterocycles. The number of β-amino-alcohol motifs (C(OH)–C–C–N with tert-alkyl or cyclic N) is 1. The molecule has 0 spiro atoms. The second-order valence-electron chi connectivity index (χ2n) is 7.61. The number of aliphatic hydroxyl groups excluding tert-OH is 1. The lowest BCUT2D eigenvalue weighted by Crippen LogP contribution is -2.47. The molecule has 2 rings (SSSR count). The van der Waals surface area contributed by atoms with Gasteiger partial charge in [-0.05, 0) is 51.1 Å². The first-order valence-corrected chi connectivity index (χ1v) is 9.46. The normalized spacial score (nSPS) is 25.0. The predicted molar refractivity (Wildman–Crippen MR) is 112 cm³/mol. The summed E-state index contributed by atoms with van der Waals surface area (Å²) >= 11 is 0. The molecule has 2 aliphatic heterocycles. The first kappa shape index (κ1) is 22.0. The monoisotopic (exact) mass is 452 g/mol. The van der Waals surface area contributed by atoms with E-state index in [1.165, 1.54) is 25.9 Å². The Morgan fingerprint density at radius 3 is 2.38 bits per heavy atom. The van der Waals surface area contributed by atoms with E-state index in [9.17, 15) is 5.11 Å². The van der Waals surface area contributed by atoms with Crippen molar-refractivity contribution in [3.05, 3.63) is 0 Å². The van der Waals surface area contributed by atoms with Crippen LogP contribution in [-0.2, 0) is 0 Å². The summed E-state index contributed by atoms with van der Waals surface area (Å²) in [6.07, 6.45) is 3.27. The smallest absolute Gasteiger partial charge is 0.194 e. The van der Waals surface area contributed by atoms with Crippen molar-refractivity contribution >= 4 is 29.9 Å². The molecular formula is C18H37IN4O. The van der Waals surface area contributed by atoms with Crippen LogP contribution in [0.15, 0.2) is 4.99 Å². The third-order valence-electron chi connectivity index (χ3n) is 5.28. The Morgan fingerprint density at radius 1 is 1.21 bits per heavy atom. The average Bonchev–Trinajstić information content (AvgIpc) is 2.94. The number of nitrogens with one attached hydrogen (secondary N) is 1. The summed E-state index contributed by atoms with van der Waals surface area (Å²) < 4.78 is 0. The molecule has 0 aromatic rings. The molecule has 0 bridgehead atoms. The van der Waals surface area contributed by atoms with Crippen LogP contribution in [0.5, 0.6) is 0 Å². The molecule has 2 fully saturated rings. The number of hydrogen-bond donors (Lipinski definition) is 2. The van der Waals surface area contributed by atoms with Gasteiger partial charge in [-0.1, -0.05) is 20.8 Å². The molecular weight excluding hydrogens is 415 g/mol. The highest BCUT2D eigenvalue weighted by Gasteiger charge is 2.27. The number of likely N-dealkylation sites (tertiary alicyclic amines) is 2. The largest absolute Gasteiger partial charge is 0.391 e. The van der Waals surface area contributed by atoms with Crippen molar-refractivity contribution < 1.29 is 5.11 Å². The van der Waals surface area contributed by atoms with Gasteiger partial charge in [-0.15, -0.1) is 24.0 Å². The van der Waals surface area contributed by atoms with Gasteiger partial charge in [-0.25, -0.2) is 0 Å². The Bertz CT molecular complexity index is 383. The van der Waals surface area contributed by atoms with Crippen LogP contribution in [0.25, 0.3) is 0 Å². The van der Waals surface area contributed by atoms with Gasteiger partial charge in [0.05, 0.1) is 12.6 Å². The predicted octanol–water partition coefficient (Wildman–Crippen LogP) is 2.39. The fourth-order valence-electron chi connectivity index (χ4n) is 3.65. The van der Waals surface area contributed by atoms with E-state index >= 15 is 0 Å². The fourth-order valence-corrected chi connectivity index (χ4v) is 3.65. The van der Waals surface area contributed by atoms with E-state index in [0.717, 1.165) is 37.9 Å². The second kappa shape index (κ2) is 10.8. The Hall–Kier alpha value is -0.0800. The van der Waals surface area contributed by atoms with Crippen LogP contribution in [0.2, 0.25) is 0 Å². The molecule has 2 N–H and O–H groups in total. The third-order valence-corrected chi connectivity index (χ3v) is 5.28. The molecule has 2 heterocycles. The molecule has 0 aromatic carbocycles. The first-order valence-electron chi connectivity index (χ1n) is 9.46. The average molecular weight is 452 g/mol. The summed E-state index contributed by atoms with van der Waals surface area (Å²) in [6.45, 7) is 14.8. The van der Waals surface area contributed by atoms with E-state index in [-0.39, 0.29) is 30.1 Å². The quantitative estimate of drug-likeness (QED) is 0.382. The van der Waals surface area contributed by atoms with E-state index in [4.69, 9.17) is 4.99 Å². The van der Waals surface area contributed by atoms with Crippen LogP contribution >= 0.6 is 24.0 Å². The fraction of sp³-hybridized carbons (Fsp3) is 0.944. The molecule has 0 radical (unpaired) electrons. The number of piperidine rings is 1. The number of hydrogen-bond acceptors (Lipinski definition) is 3. The highest BCUT2D eigenvalue weighted by atomic mass is 127. The molecule has 0 amide bonds. The van der Waals surface area contributed by atoms with Crippen LogP contribution in [0.4, 0.5) is 0 Å². The van der Waals surface area contributed by atoms with Gasteiger partial charge in [-0.3, -0.25) is 9.89 Å². The molecule has 5 nitrogen and oxygen atoms in total. The number of rotatable bonds is 5. The van der Waals surface area contributed by atoms with E-state index in [2.05, 4.69) is 42.8 Å². The number of guanidine groups is 1. The number of halogens is 1. The first-order chi connectivity index (χ1) is 11.0. The Morgan fingerprint density at radius 2 is 1.88 bits per heavy atom. The van der Waals surface area contributed by atoms with E-state index in [0.29, 0.717) is 18.5 Å². The second-order valence-corrected chi connectivity index (χ2v) is 7.61. The van der Waals surface area contributed by atoms with Gasteiger partial charge in [0.15, 0.2) is 5.96 Å². The molecule has 24 heavy (non-hydrogen) atoms. The zero-order valence-corrected chi connectivity index (χ0v) is 18.2. The van der Waals surface area contributed by atoms with Crippen molar-refractivity contribution in [2.45, 2.75) is 59.1 Å². The number of aliphatic hydroxyl groups is 1. The zero-order valence-electron chi connectivity index (χ0n) is 15.9. The van der Waals surface area contributed by atoms with Gasteiger partial charge in [0.25, 0.3) is 0 Å². The highest BCUT2D eigenvalue weighted by molar-refractivity contribution is 14.0. The lowest BCUT2D eigenvalue weighted by Gasteiger charge is -2.38. The molecule has 142 valence electrons. The van der Waals surface area contributed by atoms with Crippen molar-refractivity contribution in [1.82, 2.24) is 15.1 Å². The van der Waals surface area contributed by atoms with E-state index in [1.54, 1.807) is 0 Å². The van der Waals surface area contributed by atoms with E-state index < -0.39 is 0 Å². The van der Waals surface area contributed by atoms with Gasteiger partial charge >= 0.3 is 0 Å². The molecule has 0 aliphatic carbocycles. The minimum absolute atomic E-state index is 0. The van der Waals surface area contributed by atoms with Crippen LogP contribution in [0.1, 0.15) is 47.0 Å².